The summed E-state index contributed by atoms with van der Waals surface area (Å²) in [4.78, 5) is 12.9. The molecule has 0 amide bonds. The summed E-state index contributed by atoms with van der Waals surface area (Å²) in [5.74, 6) is -1.27. The van der Waals surface area contributed by atoms with Crippen molar-refractivity contribution in [2.75, 3.05) is 19.6 Å². The molecule has 2 aliphatic rings. The zero-order valence-electron chi connectivity index (χ0n) is 15.8. The van der Waals surface area contributed by atoms with Crippen LogP contribution in [0.25, 0.3) is 5.57 Å². The molecule has 1 heterocycles. The van der Waals surface area contributed by atoms with Crippen molar-refractivity contribution < 1.29 is 31.5 Å². The van der Waals surface area contributed by atoms with Gasteiger partial charge in [-0.2, -0.15) is 13.2 Å². The second-order valence-corrected chi connectivity index (χ2v) is 9.36. The van der Waals surface area contributed by atoms with Gasteiger partial charge in [0.1, 0.15) is 5.25 Å². The Hall–Kier alpha value is -2.13. The highest BCUT2D eigenvalue weighted by atomic mass is 32.2. The van der Waals surface area contributed by atoms with Crippen LogP contribution in [0.5, 0.6) is 0 Å². The molecule has 9 heteroatoms. The number of carboxylic acid groups (broad SMARTS) is 1. The van der Waals surface area contributed by atoms with Crippen LogP contribution in [0.1, 0.15) is 36.1 Å². The molecule has 0 fully saturated rings. The number of halogens is 3. The number of rotatable bonds is 6. The minimum Gasteiger partial charge on any atom is -0.481 e. The lowest BCUT2D eigenvalue weighted by atomic mass is 9.97. The molecule has 1 aromatic rings. The second-order valence-electron chi connectivity index (χ2n) is 7.33. The maximum Gasteiger partial charge on any atom is 0.498 e. The summed E-state index contributed by atoms with van der Waals surface area (Å²) >= 11 is 0. The number of sulfone groups is 1. The van der Waals surface area contributed by atoms with Crippen molar-refractivity contribution in [3.05, 3.63) is 53.1 Å². The van der Waals surface area contributed by atoms with Crippen molar-refractivity contribution in [1.29, 1.82) is 0 Å². The Labute approximate surface area is 167 Å². The normalized spacial score (nSPS) is 21.3. The summed E-state index contributed by atoms with van der Waals surface area (Å²) in [6.07, 6.45) is 3.82. The van der Waals surface area contributed by atoms with Crippen LogP contribution in [0, 0.1) is 5.92 Å². The Bertz CT molecular complexity index is 966. The van der Waals surface area contributed by atoms with Crippen LogP contribution in [0.15, 0.2) is 42.0 Å². The van der Waals surface area contributed by atoms with Crippen molar-refractivity contribution in [3.63, 3.8) is 0 Å². The number of aliphatic carboxylic acids is 1. The minimum atomic E-state index is -5.43. The third kappa shape index (κ3) is 4.11. The van der Waals surface area contributed by atoms with Gasteiger partial charge in [-0.25, -0.2) is 8.42 Å². The highest BCUT2D eigenvalue weighted by Gasteiger charge is 2.55. The quantitative estimate of drug-likeness (QED) is 0.697. The molecule has 0 radical (unpaired) electrons. The predicted octanol–water partition coefficient (Wildman–Crippen LogP) is 3.80. The highest BCUT2D eigenvalue weighted by molar-refractivity contribution is 7.92. The lowest BCUT2D eigenvalue weighted by Gasteiger charge is -2.32. The van der Waals surface area contributed by atoms with E-state index in [1.54, 1.807) is 37.3 Å². The van der Waals surface area contributed by atoms with E-state index in [1.807, 2.05) is 4.90 Å². The van der Waals surface area contributed by atoms with E-state index < -0.39 is 26.6 Å². The lowest BCUT2D eigenvalue weighted by molar-refractivity contribution is -0.137. The Balaban J connectivity index is 1.95. The first-order valence-corrected chi connectivity index (χ1v) is 10.8. The van der Waals surface area contributed by atoms with Crippen molar-refractivity contribution in [3.8, 4) is 0 Å². The molecule has 1 aliphatic heterocycles. The predicted molar refractivity (Wildman–Crippen MR) is 103 cm³/mol. The molecule has 0 bridgehead atoms. The molecule has 0 saturated heterocycles. The molecular weight excluding hydrogens is 407 g/mol. The van der Waals surface area contributed by atoms with Gasteiger partial charge in [-0.05, 0) is 41.5 Å². The molecule has 3 rings (SSSR count). The van der Waals surface area contributed by atoms with E-state index in [-0.39, 0.29) is 30.0 Å². The van der Waals surface area contributed by atoms with Gasteiger partial charge in [0.05, 0.1) is 6.42 Å². The van der Waals surface area contributed by atoms with E-state index in [2.05, 4.69) is 0 Å². The average molecular weight is 429 g/mol. The van der Waals surface area contributed by atoms with Crippen LogP contribution in [0.4, 0.5) is 13.2 Å². The van der Waals surface area contributed by atoms with Crippen molar-refractivity contribution in [1.82, 2.24) is 4.90 Å². The van der Waals surface area contributed by atoms with Crippen LogP contribution >= 0.6 is 0 Å². The van der Waals surface area contributed by atoms with Crippen LogP contribution in [-0.4, -0.2) is 49.5 Å². The van der Waals surface area contributed by atoms with Crippen molar-refractivity contribution >= 4 is 21.4 Å². The largest absolute Gasteiger partial charge is 0.498 e. The third-order valence-corrected chi connectivity index (χ3v) is 7.18. The highest BCUT2D eigenvalue weighted by Crippen LogP contribution is 2.51. The van der Waals surface area contributed by atoms with E-state index in [4.69, 9.17) is 5.11 Å². The summed E-state index contributed by atoms with van der Waals surface area (Å²) < 4.78 is 64.9. The van der Waals surface area contributed by atoms with Crippen LogP contribution in [0.2, 0.25) is 0 Å². The minimum absolute atomic E-state index is 0.0671. The van der Waals surface area contributed by atoms with Crippen molar-refractivity contribution in [2.24, 2.45) is 5.92 Å². The molecule has 0 aromatic heterocycles. The van der Waals surface area contributed by atoms with E-state index in [9.17, 15) is 26.4 Å². The summed E-state index contributed by atoms with van der Waals surface area (Å²) in [6, 6.07) is 6.34. The maximum absolute atomic E-state index is 13.4. The first kappa shape index (κ1) is 21.6. The van der Waals surface area contributed by atoms with Gasteiger partial charge in [0.15, 0.2) is 0 Å². The number of hydrogen-bond acceptors (Lipinski definition) is 4. The van der Waals surface area contributed by atoms with E-state index >= 15 is 0 Å². The smallest absolute Gasteiger partial charge is 0.481 e. The molecular formula is C20H22F3NO4S. The first-order chi connectivity index (χ1) is 13.6. The number of allylic oxidation sites excluding steroid dienone is 1. The van der Waals surface area contributed by atoms with Gasteiger partial charge < -0.3 is 5.11 Å². The number of alkyl halides is 3. The van der Waals surface area contributed by atoms with Crippen molar-refractivity contribution in [2.45, 2.75) is 30.5 Å². The molecule has 2 unspecified atom stereocenters. The van der Waals surface area contributed by atoms with E-state index in [0.717, 1.165) is 0 Å². The van der Waals surface area contributed by atoms with Gasteiger partial charge in [-0.15, -0.1) is 0 Å². The second kappa shape index (κ2) is 7.95. The number of hydrogen-bond donors (Lipinski definition) is 1. The van der Waals surface area contributed by atoms with E-state index in [0.29, 0.717) is 30.6 Å². The average Bonchev–Trinajstić information content (AvgIpc) is 2.94. The van der Waals surface area contributed by atoms with Crippen LogP contribution in [0.3, 0.4) is 0 Å². The van der Waals surface area contributed by atoms with E-state index in [1.165, 1.54) is 6.07 Å². The standard InChI is InChI=1S/C20H22F3NO4S/c1-2-5-13(10-18(25)26)11-24-9-8-15-14-6-3-4-7-16(14)19(17(15)12-24)29(27,28)20(21,22)23/h2-7,13,19H,8-12H2,1H3,(H,25,26)/b5-2-. The van der Waals surface area contributed by atoms with Crippen LogP contribution in [-0.2, 0) is 14.6 Å². The molecule has 0 saturated carbocycles. The van der Waals surface area contributed by atoms with Gasteiger partial charge >= 0.3 is 11.5 Å². The monoisotopic (exact) mass is 429 g/mol. The molecule has 0 spiro atoms. The Morgan fingerprint density at radius 2 is 2.03 bits per heavy atom. The molecule has 158 valence electrons. The Kier molecular flexibility index (Phi) is 5.91. The third-order valence-electron chi connectivity index (χ3n) is 5.37. The summed E-state index contributed by atoms with van der Waals surface area (Å²) in [6.45, 7) is 2.70. The molecule has 1 aliphatic carbocycles. The number of nitrogens with zero attached hydrogens (tertiary/aromatic N) is 1. The fourth-order valence-corrected chi connectivity index (χ4v) is 5.65. The number of carboxylic acids is 1. The SMILES string of the molecule is C/C=C\C(CC(=O)O)CN1CCC2=C(C1)C(S(=O)(=O)C(F)(F)F)c1ccccc12. The summed E-state index contributed by atoms with van der Waals surface area (Å²) in [5.41, 5.74) is -3.70. The maximum atomic E-state index is 13.4. The molecule has 5 nitrogen and oxygen atoms in total. The summed E-state index contributed by atoms with van der Waals surface area (Å²) in [7, 11) is -5.43. The van der Waals surface area contributed by atoms with Gasteiger partial charge in [-0.3, -0.25) is 9.69 Å². The fourth-order valence-electron chi connectivity index (χ4n) is 4.25. The molecule has 1 N–H and O–H groups in total. The van der Waals surface area contributed by atoms with Gasteiger partial charge in [0, 0.05) is 19.6 Å². The Morgan fingerprint density at radius 3 is 2.66 bits per heavy atom. The molecule has 1 aromatic carbocycles. The number of benzene rings is 1. The number of fused-ring (bicyclic) bond motifs is 2. The number of carbonyl (C=O) groups is 1. The summed E-state index contributed by atoms with van der Waals surface area (Å²) in [5, 5.41) is 7.34. The van der Waals surface area contributed by atoms with Crippen LogP contribution < -0.4 is 0 Å². The Morgan fingerprint density at radius 1 is 1.34 bits per heavy atom. The lowest BCUT2D eigenvalue weighted by Crippen LogP contribution is -2.38. The zero-order valence-corrected chi connectivity index (χ0v) is 16.6. The fraction of sp³-hybridized carbons (Fsp3) is 0.450. The molecule has 2 atom stereocenters. The first-order valence-electron chi connectivity index (χ1n) is 9.24. The van der Waals surface area contributed by atoms with Gasteiger partial charge in [0.2, 0.25) is 0 Å². The van der Waals surface area contributed by atoms with Gasteiger partial charge in [0.25, 0.3) is 9.84 Å². The zero-order chi connectivity index (χ0) is 21.4. The van der Waals surface area contributed by atoms with Gasteiger partial charge in [-0.1, -0.05) is 36.4 Å². The molecule has 29 heavy (non-hydrogen) atoms. The topological polar surface area (TPSA) is 74.7 Å².